The molecule has 1 aliphatic carbocycles. The lowest BCUT2D eigenvalue weighted by Crippen LogP contribution is -2.42. The number of unbranched alkanes of at least 4 members (excludes halogenated alkanes) is 2. The second kappa shape index (κ2) is 24.5. The van der Waals surface area contributed by atoms with Crippen LogP contribution in [-0.4, -0.2) is 83.2 Å². The third-order valence-corrected chi connectivity index (χ3v) is 18.1. The number of ketones is 1. The number of urea groups is 2. The van der Waals surface area contributed by atoms with E-state index in [2.05, 4.69) is 128 Å². The largest absolute Gasteiger partial charge is 0.506 e. The summed E-state index contributed by atoms with van der Waals surface area (Å²) in [5.74, 6) is 5.26. The van der Waals surface area contributed by atoms with Gasteiger partial charge < -0.3 is 31.3 Å². The molecule has 0 bridgehead atoms. The van der Waals surface area contributed by atoms with Crippen LogP contribution in [0.1, 0.15) is 178 Å². The van der Waals surface area contributed by atoms with Gasteiger partial charge >= 0.3 is 12.1 Å². The summed E-state index contributed by atoms with van der Waals surface area (Å²) in [6.07, 6.45) is 11.7. The van der Waals surface area contributed by atoms with Gasteiger partial charge in [-0.3, -0.25) is 4.79 Å². The Morgan fingerprint density at radius 3 is 1.76 bits per heavy atom. The van der Waals surface area contributed by atoms with Crippen molar-refractivity contribution in [3.8, 4) is 0 Å². The first-order chi connectivity index (χ1) is 32.3. The maximum atomic E-state index is 14.9. The van der Waals surface area contributed by atoms with Gasteiger partial charge in [-0.1, -0.05) is 80.1 Å². The number of Topliss-reactive ketones (excluding diaryl/α,β-unsaturated/α-hetero) is 1. The number of anilines is 3. The number of rotatable bonds is 25. The molecule has 10 nitrogen and oxygen atoms in total. The van der Waals surface area contributed by atoms with Crippen molar-refractivity contribution in [2.75, 3.05) is 51.6 Å². The molecule has 2 aromatic rings. The lowest BCUT2D eigenvalue weighted by atomic mass is 9.76. The number of benzene rings is 2. The number of fused-ring (bicyclic) bond motifs is 2. The van der Waals surface area contributed by atoms with Crippen molar-refractivity contribution in [2.24, 2.45) is 11.8 Å². The molecular weight excluding hydrogens is 885 g/mol. The summed E-state index contributed by atoms with van der Waals surface area (Å²) in [5, 5.41) is 26.2. The van der Waals surface area contributed by atoms with Gasteiger partial charge in [0.1, 0.15) is 11.8 Å². The number of amides is 4. The molecule has 3 aliphatic rings. The topological polar surface area (TPSA) is 126 Å². The van der Waals surface area contributed by atoms with Crippen LogP contribution >= 0.6 is 23.5 Å². The van der Waals surface area contributed by atoms with Crippen LogP contribution in [0.5, 0.6) is 0 Å². The van der Waals surface area contributed by atoms with Crippen LogP contribution in [0.4, 0.5) is 26.7 Å². The number of nitrogens with one attached hydrogen (secondary N) is 4. The van der Waals surface area contributed by atoms with Crippen molar-refractivity contribution in [1.29, 1.82) is 0 Å². The number of hydrogen-bond donors (Lipinski definition) is 5. The number of hydrogen-bond acceptors (Lipinski definition) is 7. The number of carbonyl (C=O) groups excluding carboxylic acids is 3. The van der Waals surface area contributed by atoms with Gasteiger partial charge in [0.2, 0.25) is 11.1 Å². The highest BCUT2D eigenvalue weighted by Crippen LogP contribution is 2.51. The number of thioether (sulfide) groups is 2. The molecule has 68 heavy (non-hydrogen) atoms. The minimum Gasteiger partial charge on any atom is -0.506 e. The second-order valence-corrected chi connectivity index (χ2v) is 23.8. The van der Waals surface area contributed by atoms with E-state index >= 15 is 0 Å². The van der Waals surface area contributed by atoms with Gasteiger partial charge in [-0.25, -0.2) is 14.2 Å². The molecular formula is C56H89N6O4S2+. The predicted octanol–water partition coefficient (Wildman–Crippen LogP) is 11.8. The molecule has 0 spiro atoms. The average Bonchev–Trinajstić information content (AvgIpc) is 3.60. The second-order valence-electron chi connectivity index (χ2n) is 21.5. The first-order valence-electron chi connectivity index (χ1n) is 26.3. The Bertz CT molecular complexity index is 2270. The Balaban J connectivity index is 1.49. The Labute approximate surface area is 419 Å². The molecule has 4 atom stereocenters. The van der Waals surface area contributed by atoms with Gasteiger partial charge in [0, 0.05) is 58.7 Å². The van der Waals surface area contributed by atoms with Crippen molar-refractivity contribution in [1.82, 2.24) is 15.2 Å². The molecule has 5 N–H and O–H groups in total. The van der Waals surface area contributed by atoms with Gasteiger partial charge in [-0.15, -0.1) is 0 Å². The summed E-state index contributed by atoms with van der Waals surface area (Å²) < 4.78 is 2.38. The fourth-order valence-corrected chi connectivity index (χ4v) is 13.1. The van der Waals surface area contributed by atoms with Crippen LogP contribution in [0.15, 0.2) is 30.0 Å². The van der Waals surface area contributed by atoms with Crippen molar-refractivity contribution >= 4 is 69.6 Å². The van der Waals surface area contributed by atoms with Gasteiger partial charge in [0.15, 0.2) is 6.04 Å². The quantitative estimate of drug-likeness (QED) is 0.0496. The van der Waals surface area contributed by atoms with Gasteiger partial charge in [-0.2, -0.15) is 23.5 Å². The van der Waals surface area contributed by atoms with E-state index in [9.17, 15) is 19.5 Å². The first-order valence-corrected chi connectivity index (χ1v) is 28.6. The normalized spacial score (nSPS) is 19.9. The highest BCUT2D eigenvalue weighted by atomic mass is 32.2. The summed E-state index contributed by atoms with van der Waals surface area (Å²) >= 11 is 3.93. The molecule has 12 heteroatoms. The van der Waals surface area contributed by atoms with Crippen LogP contribution in [0.25, 0.3) is 11.1 Å². The highest BCUT2D eigenvalue weighted by molar-refractivity contribution is 7.99. The molecule has 2 aromatic carbocycles. The molecule has 378 valence electrons. The molecule has 0 saturated carbocycles. The van der Waals surface area contributed by atoms with E-state index in [1.165, 1.54) is 51.4 Å². The average molecular weight is 974 g/mol. The van der Waals surface area contributed by atoms with Crippen molar-refractivity contribution in [3.63, 3.8) is 0 Å². The number of nitrogens with zero attached hydrogens (tertiary/aromatic N) is 2. The summed E-state index contributed by atoms with van der Waals surface area (Å²) in [4.78, 5) is 44.7. The number of aliphatic hydroxyl groups is 1. The van der Waals surface area contributed by atoms with E-state index in [1.54, 1.807) is 0 Å². The van der Waals surface area contributed by atoms with Crippen LogP contribution in [0.2, 0.25) is 0 Å². The van der Waals surface area contributed by atoms with Crippen LogP contribution in [0, 0.1) is 11.8 Å². The number of aliphatic hydroxyl groups excluding tert-OH is 1. The Kier molecular flexibility index (Phi) is 19.9. The van der Waals surface area contributed by atoms with E-state index in [-0.39, 0.29) is 69.7 Å². The third kappa shape index (κ3) is 12.3. The van der Waals surface area contributed by atoms with Gasteiger partial charge in [-0.05, 0) is 140 Å². The Hall–Kier alpha value is -3.64. The van der Waals surface area contributed by atoms with Crippen LogP contribution in [-0.2, 0) is 15.6 Å². The fraction of sp³-hybridized carbons (Fsp3) is 0.679. The number of carbonyl (C=O) groups is 3. The summed E-state index contributed by atoms with van der Waals surface area (Å²) in [6.45, 7) is 32.1. The summed E-state index contributed by atoms with van der Waals surface area (Å²) in [5.41, 5.74) is 4.33. The zero-order valence-corrected chi connectivity index (χ0v) is 46.1. The molecule has 5 rings (SSSR count). The molecule has 0 radical (unpaired) electrons. The van der Waals surface area contributed by atoms with Crippen molar-refractivity contribution in [3.05, 3.63) is 57.3 Å². The SMILES string of the molecule is CCCCC(CC)CSCCCNC(=O)Nc1cc2c(cc1C1=C(O)/C(=c3/cc4c(cc3NC(=O)NCCCSCC(CC)CCCC)=[N+](C(C)C)C(C)C4(C)C)C1=O)C(C)(C)C(C)N2C(C)C. The predicted molar refractivity (Wildman–Crippen MR) is 294 cm³/mol. The van der Waals surface area contributed by atoms with Crippen molar-refractivity contribution in [2.45, 2.75) is 196 Å². The van der Waals surface area contributed by atoms with E-state index in [4.69, 9.17) is 0 Å². The maximum Gasteiger partial charge on any atom is 0.319 e. The van der Waals surface area contributed by atoms with Crippen LogP contribution in [0.3, 0.4) is 0 Å². The monoisotopic (exact) mass is 974 g/mol. The fourth-order valence-electron chi connectivity index (χ4n) is 10.6. The molecule has 2 heterocycles. The van der Waals surface area contributed by atoms with Crippen LogP contribution < -0.4 is 41.3 Å². The molecule has 2 aliphatic heterocycles. The molecule has 4 amide bonds. The Morgan fingerprint density at radius 1 is 0.735 bits per heavy atom. The van der Waals surface area contributed by atoms with E-state index in [0.29, 0.717) is 35.2 Å². The minimum atomic E-state index is -0.346. The number of allylic oxidation sites excluding steroid dienone is 2. The highest BCUT2D eigenvalue weighted by Gasteiger charge is 2.48. The lowest BCUT2D eigenvalue weighted by molar-refractivity contribution is -0.109. The van der Waals surface area contributed by atoms with E-state index < -0.39 is 0 Å². The van der Waals surface area contributed by atoms with Crippen molar-refractivity contribution < 1.29 is 19.5 Å². The van der Waals surface area contributed by atoms with E-state index in [0.717, 1.165) is 69.9 Å². The zero-order chi connectivity index (χ0) is 50.1. The Morgan fingerprint density at radius 2 is 1.28 bits per heavy atom. The lowest BCUT2D eigenvalue weighted by Gasteiger charge is -2.34. The zero-order valence-electron chi connectivity index (χ0n) is 44.5. The molecule has 0 fully saturated rings. The first kappa shape index (κ1) is 55.3. The summed E-state index contributed by atoms with van der Waals surface area (Å²) in [7, 11) is 0. The molecule has 4 unspecified atom stereocenters. The smallest absolute Gasteiger partial charge is 0.319 e. The van der Waals surface area contributed by atoms with E-state index in [1.807, 2.05) is 47.8 Å². The summed E-state index contributed by atoms with van der Waals surface area (Å²) in [6, 6.07) is 7.98. The third-order valence-electron chi connectivity index (χ3n) is 15.5. The maximum absolute atomic E-state index is 14.9. The standard InChI is InChI=1S/C56H88N6O4S2/c1-15-19-23-39(17-3)33-67-27-21-25-57-53(65)59-45-31-47-43(55(11,12)37(9)61(47)35(5)6)29-41(45)49-51(63)50(52(49)64)42-30-44-48(62(36(7)8)38(10)56(44,13)14)32-46(42)60-54(66)58-26-22-28-68-34-40(18-4)24-20-16-2/h29-32,35-40H,15-28,33-34H2,1-14H3,(H4,57,58,59,60,63,64,65,66)/p+1. The minimum absolute atomic E-state index is 0.140. The van der Waals surface area contributed by atoms with Gasteiger partial charge in [0.05, 0.1) is 27.9 Å². The van der Waals surface area contributed by atoms with Gasteiger partial charge in [0.25, 0.3) is 0 Å². The molecule has 0 aromatic heterocycles. The molecule has 0 saturated heterocycles.